The Balaban J connectivity index is 1.57. The molecule has 0 saturated carbocycles. The number of hydrazine groups is 1. The zero-order valence-corrected chi connectivity index (χ0v) is 18.0. The second-order valence-electron chi connectivity index (χ2n) is 6.15. The lowest BCUT2D eigenvalue weighted by Crippen LogP contribution is -2.40. The molecule has 0 spiro atoms. The van der Waals surface area contributed by atoms with Gasteiger partial charge in [-0.1, -0.05) is 0 Å². The number of sulfonamides is 1. The van der Waals surface area contributed by atoms with Crippen LogP contribution < -0.4 is 30.4 Å². The van der Waals surface area contributed by atoms with Gasteiger partial charge in [-0.3, -0.25) is 19.9 Å². The molecule has 0 aliphatic heterocycles. The molecule has 0 aliphatic rings. The summed E-state index contributed by atoms with van der Waals surface area (Å²) in [6.07, 6.45) is 4.35. The van der Waals surface area contributed by atoms with Crippen LogP contribution in [0.2, 0.25) is 0 Å². The molecule has 0 unspecified atom stereocenters. The van der Waals surface area contributed by atoms with Crippen molar-refractivity contribution in [2.24, 2.45) is 0 Å². The molecular formula is C19H21N7O5S. The van der Waals surface area contributed by atoms with Crippen molar-refractivity contribution in [3.05, 3.63) is 60.6 Å². The van der Waals surface area contributed by atoms with E-state index in [-0.39, 0.29) is 34.8 Å². The van der Waals surface area contributed by atoms with Crippen molar-refractivity contribution in [2.45, 2.75) is 4.90 Å². The fourth-order valence-electron chi connectivity index (χ4n) is 2.55. The molecule has 0 aliphatic carbocycles. The molecular weight excluding hydrogens is 438 g/mol. The van der Waals surface area contributed by atoms with Crippen LogP contribution in [0.15, 0.2) is 59.9 Å². The van der Waals surface area contributed by atoms with Gasteiger partial charge in [0.15, 0.2) is 5.75 Å². The van der Waals surface area contributed by atoms with Crippen LogP contribution in [0.3, 0.4) is 0 Å². The third-order valence-corrected chi connectivity index (χ3v) is 5.47. The summed E-state index contributed by atoms with van der Waals surface area (Å²) < 4.78 is 38.0. The predicted octanol–water partition coefficient (Wildman–Crippen LogP) is 0.994. The smallest absolute Gasteiger partial charge is 0.265 e. The van der Waals surface area contributed by atoms with Crippen LogP contribution in [0.25, 0.3) is 0 Å². The predicted molar refractivity (Wildman–Crippen MR) is 116 cm³/mol. The minimum Gasteiger partial charge on any atom is -0.491 e. The van der Waals surface area contributed by atoms with Gasteiger partial charge in [0.2, 0.25) is 11.6 Å². The molecule has 2 heterocycles. The Labute approximate surface area is 184 Å². The van der Waals surface area contributed by atoms with Crippen LogP contribution in [0.5, 0.6) is 11.5 Å². The van der Waals surface area contributed by atoms with Gasteiger partial charge in [0.1, 0.15) is 0 Å². The van der Waals surface area contributed by atoms with E-state index >= 15 is 0 Å². The fourth-order valence-corrected chi connectivity index (χ4v) is 3.55. The monoisotopic (exact) mass is 459 g/mol. The molecule has 0 atom stereocenters. The van der Waals surface area contributed by atoms with Crippen LogP contribution in [0.4, 0.5) is 11.5 Å². The second kappa shape index (κ2) is 10.4. The van der Waals surface area contributed by atoms with E-state index in [0.717, 1.165) is 0 Å². The highest BCUT2D eigenvalue weighted by Crippen LogP contribution is 2.33. The summed E-state index contributed by atoms with van der Waals surface area (Å²) in [5.41, 5.74) is 6.36. The van der Waals surface area contributed by atoms with Gasteiger partial charge in [-0.25, -0.2) is 13.8 Å². The Morgan fingerprint density at radius 3 is 2.41 bits per heavy atom. The van der Waals surface area contributed by atoms with Crippen molar-refractivity contribution in [1.29, 1.82) is 0 Å². The van der Waals surface area contributed by atoms with Gasteiger partial charge in [-0.2, -0.15) is 5.10 Å². The van der Waals surface area contributed by atoms with E-state index in [9.17, 15) is 13.2 Å². The lowest BCUT2D eigenvalue weighted by molar-refractivity contribution is 0.0934. The molecule has 0 fully saturated rings. The molecule has 2 aromatic heterocycles. The highest BCUT2D eigenvalue weighted by atomic mass is 32.2. The lowest BCUT2D eigenvalue weighted by atomic mass is 10.3. The quantitative estimate of drug-likeness (QED) is 0.196. The van der Waals surface area contributed by atoms with Crippen LogP contribution in [-0.2, 0) is 10.0 Å². The Morgan fingerprint density at radius 2 is 1.75 bits per heavy atom. The van der Waals surface area contributed by atoms with Crippen molar-refractivity contribution in [3.8, 4) is 11.5 Å². The van der Waals surface area contributed by atoms with E-state index in [0.29, 0.717) is 11.3 Å². The second-order valence-corrected chi connectivity index (χ2v) is 7.83. The summed E-state index contributed by atoms with van der Waals surface area (Å²) in [7, 11) is -1.18. The van der Waals surface area contributed by atoms with Crippen LogP contribution in [0.1, 0.15) is 10.4 Å². The largest absolute Gasteiger partial charge is 0.491 e. The summed E-state index contributed by atoms with van der Waals surface area (Å²) in [6, 6.07) is 9.17. The maximum absolute atomic E-state index is 12.7. The SMILES string of the molecule is COc1cnnc(NS(=O)(=O)c2ccc(NCNNC(=O)c3ccncc3)cc2)c1OC. The summed E-state index contributed by atoms with van der Waals surface area (Å²) in [4.78, 5) is 15.8. The molecule has 0 bridgehead atoms. The van der Waals surface area contributed by atoms with Crippen molar-refractivity contribution >= 4 is 27.4 Å². The maximum Gasteiger partial charge on any atom is 0.265 e. The highest BCUT2D eigenvalue weighted by molar-refractivity contribution is 7.92. The van der Waals surface area contributed by atoms with Crippen LogP contribution >= 0.6 is 0 Å². The molecule has 1 aromatic carbocycles. The van der Waals surface area contributed by atoms with Gasteiger partial charge in [-0.05, 0) is 36.4 Å². The van der Waals surface area contributed by atoms with Crippen molar-refractivity contribution in [2.75, 3.05) is 30.9 Å². The number of nitrogens with zero attached hydrogens (tertiary/aromatic N) is 3. The number of ether oxygens (including phenoxy) is 2. The minimum atomic E-state index is -3.95. The number of hydrogen-bond acceptors (Lipinski definition) is 10. The number of hydrogen-bond donors (Lipinski definition) is 4. The van der Waals surface area contributed by atoms with Gasteiger partial charge in [0.25, 0.3) is 15.9 Å². The molecule has 3 aromatic rings. The number of aromatic nitrogens is 3. The molecule has 32 heavy (non-hydrogen) atoms. The van der Waals surface area contributed by atoms with E-state index in [4.69, 9.17) is 9.47 Å². The molecule has 3 rings (SSSR count). The molecule has 1 amide bonds. The van der Waals surface area contributed by atoms with Crippen molar-refractivity contribution in [3.63, 3.8) is 0 Å². The first-order valence-electron chi connectivity index (χ1n) is 9.18. The Bertz CT molecular complexity index is 1160. The lowest BCUT2D eigenvalue weighted by Gasteiger charge is -2.13. The average molecular weight is 459 g/mol. The maximum atomic E-state index is 12.7. The van der Waals surface area contributed by atoms with Crippen LogP contribution in [-0.4, -0.2) is 50.4 Å². The average Bonchev–Trinajstić information content (AvgIpc) is 2.82. The topological polar surface area (TPSA) is 156 Å². The van der Waals surface area contributed by atoms with Gasteiger partial charge < -0.3 is 14.8 Å². The Kier molecular flexibility index (Phi) is 7.36. The number of rotatable bonds is 10. The molecule has 4 N–H and O–H groups in total. The Morgan fingerprint density at radius 1 is 1.03 bits per heavy atom. The summed E-state index contributed by atoms with van der Waals surface area (Å²) in [5, 5.41) is 10.5. The van der Waals surface area contributed by atoms with Gasteiger partial charge in [0, 0.05) is 23.6 Å². The normalized spacial score (nSPS) is 10.8. The fraction of sp³-hybridized carbons (Fsp3) is 0.158. The Hall–Kier alpha value is -3.97. The zero-order chi connectivity index (χ0) is 23.0. The zero-order valence-electron chi connectivity index (χ0n) is 17.2. The van der Waals surface area contributed by atoms with E-state index < -0.39 is 10.0 Å². The number of pyridine rings is 1. The van der Waals surface area contributed by atoms with Gasteiger partial charge >= 0.3 is 0 Å². The number of amides is 1. The first kappa shape index (κ1) is 22.7. The van der Waals surface area contributed by atoms with Gasteiger partial charge in [0.05, 0.1) is 32.0 Å². The summed E-state index contributed by atoms with van der Waals surface area (Å²) in [6.45, 7) is 0.206. The third-order valence-electron chi connectivity index (χ3n) is 4.12. The number of carbonyl (C=O) groups excluding carboxylic acids is 1. The van der Waals surface area contributed by atoms with E-state index in [1.807, 2.05) is 0 Å². The van der Waals surface area contributed by atoms with E-state index in [1.165, 1.54) is 44.9 Å². The first-order chi connectivity index (χ1) is 15.4. The van der Waals surface area contributed by atoms with E-state index in [2.05, 4.69) is 36.1 Å². The summed E-state index contributed by atoms with van der Waals surface area (Å²) in [5.74, 6) is -0.0477. The number of nitrogens with one attached hydrogen (secondary N) is 4. The first-order valence-corrected chi connectivity index (χ1v) is 10.7. The standard InChI is InChI=1S/C19H21N7O5S/c1-30-16-11-22-24-18(17(16)31-2)26-32(28,29)15-5-3-14(4-6-15)21-12-23-25-19(27)13-7-9-20-10-8-13/h3-11,21,23H,12H2,1-2H3,(H,24,26)(H,25,27). The molecule has 12 nitrogen and oxygen atoms in total. The van der Waals surface area contributed by atoms with Crippen LogP contribution in [0, 0.1) is 0 Å². The number of methoxy groups -OCH3 is 2. The third kappa shape index (κ3) is 5.59. The number of carbonyl (C=O) groups is 1. The van der Waals surface area contributed by atoms with E-state index in [1.54, 1.807) is 24.3 Å². The molecule has 0 saturated heterocycles. The highest BCUT2D eigenvalue weighted by Gasteiger charge is 2.20. The molecule has 168 valence electrons. The van der Waals surface area contributed by atoms with Crippen molar-refractivity contribution < 1.29 is 22.7 Å². The minimum absolute atomic E-state index is 0.00803. The number of anilines is 2. The summed E-state index contributed by atoms with van der Waals surface area (Å²) >= 11 is 0. The number of benzene rings is 1. The molecule has 0 radical (unpaired) electrons. The molecule has 13 heteroatoms. The van der Waals surface area contributed by atoms with Crippen molar-refractivity contribution in [1.82, 2.24) is 26.0 Å². The van der Waals surface area contributed by atoms with Gasteiger partial charge in [-0.15, -0.1) is 5.10 Å².